The predicted octanol–water partition coefficient (Wildman–Crippen LogP) is -0.515. The molecule has 36 heavy (non-hydrogen) atoms. The normalized spacial score (nSPS) is 45.0. The molecule has 204 valence electrons. The zero-order valence-electron chi connectivity index (χ0n) is 23.4. The third-order valence-corrected chi connectivity index (χ3v) is 11.7. The van der Waals surface area contributed by atoms with Crippen molar-refractivity contribution in [3.8, 4) is 0 Å². The van der Waals surface area contributed by atoms with E-state index in [1.807, 2.05) is 0 Å². The second-order valence-corrected chi connectivity index (χ2v) is 14.2. The number of carbonyl (C=O) groups excluding carboxylic acids is 1. The summed E-state index contributed by atoms with van der Waals surface area (Å²) in [4.78, 5) is 12.2. The average Bonchev–Trinajstić information content (AvgIpc) is 3.12. The van der Waals surface area contributed by atoms with Crippen molar-refractivity contribution < 1.29 is 85.9 Å². The summed E-state index contributed by atoms with van der Waals surface area (Å²) in [5.74, 6) is 0.705. The van der Waals surface area contributed by atoms with E-state index in [1.54, 1.807) is 0 Å². The third kappa shape index (κ3) is 5.98. The first-order chi connectivity index (χ1) is 16.3. The van der Waals surface area contributed by atoms with Gasteiger partial charge >= 0.3 is 51.4 Å². The molecule has 4 aliphatic rings. The molecule has 0 aliphatic heterocycles. The van der Waals surface area contributed by atoms with E-state index in [2.05, 4.69) is 26.1 Å². The van der Waals surface area contributed by atoms with Crippen LogP contribution in [-0.2, 0) is 14.9 Å². The minimum absolute atomic E-state index is 0. The molecule has 11 atom stereocenters. The third-order valence-electron chi connectivity index (χ3n) is 11.0. The molecular formula is C26H46KNO7S. The van der Waals surface area contributed by atoms with Crippen molar-refractivity contribution in [3.63, 3.8) is 0 Å². The van der Waals surface area contributed by atoms with Gasteiger partial charge in [-0.3, -0.25) is 9.35 Å². The quantitative estimate of drug-likeness (QED) is 0.210. The maximum absolute atomic E-state index is 12.2. The largest absolute Gasteiger partial charge is 1.00 e. The zero-order chi connectivity index (χ0) is 25.8. The number of nitrogens with one attached hydrogen (secondary N) is 1. The van der Waals surface area contributed by atoms with Crippen molar-refractivity contribution in [1.82, 2.24) is 5.32 Å². The molecule has 1 amide bonds. The van der Waals surface area contributed by atoms with Gasteiger partial charge in [0.15, 0.2) is 0 Å². The van der Waals surface area contributed by atoms with Crippen LogP contribution in [0.5, 0.6) is 0 Å². The fourth-order valence-corrected chi connectivity index (χ4v) is 9.46. The van der Waals surface area contributed by atoms with E-state index >= 15 is 0 Å². The van der Waals surface area contributed by atoms with Crippen LogP contribution in [0.2, 0.25) is 0 Å². The van der Waals surface area contributed by atoms with Crippen LogP contribution in [0, 0.1) is 46.3 Å². The van der Waals surface area contributed by atoms with Gasteiger partial charge in [0.05, 0.1) is 24.1 Å². The van der Waals surface area contributed by atoms with Crippen molar-refractivity contribution in [2.75, 3.05) is 12.3 Å². The van der Waals surface area contributed by atoms with E-state index in [0.717, 1.165) is 38.5 Å². The summed E-state index contributed by atoms with van der Waals surface area (Å²) in [6.45, 7) is 6.56. The Labute approximate surface area is 260 Å². The fourth-order valence-electron chi connectivity index (χ4n) is 9.10. The number of carbonyl (C=O) groups is 1. The first-order valence-corrected chi connectivity index (χ1v) is 15.1. The van der Waals surface area contributed by atoms with Crippen molar-refractivity contribution in [2.24, 2.45) is 46.3 Å². The van der Waals surface area contributed by atoms with Crippen LogP contribution in [0.15, 0.2) is 0 Å². The Hall–Kier alpha value is 0.896. The van der Waals surface area contributed by atoms with E-state index in [0.29, 0.717) is 18.8 Å². The standard InChI is InChI=1S/C26H45NO7S.K.H/c1-15(4-7-23(31)27-10-11-35(32,33)34)18-5-6-19-24-20(14-22(30)26(18,19)3)25(2)9-8-17(28)12-16(25)13-21(24)29;;/h15-22,24,28-30H,4-14H2,1-3H3,(H,27,31)(H,32,33,34);;/q;+1;-1/t15-,16+,17-,18-,19+,20+,21-,22+,24+,25+,26-;;/m1../s1. The number of aliphatic hydroxyl groups excluding tert-OH is 3. The van der Waals surface area contributed by atoms with Gasteiger partial charge in [-0.15, -0.1) is 0 Å². The Kier molecular flexibility index (Phi) is 10.3. The molecule has 0 bridgehead atoms. The van der Waals surface area contributed by atoms with E-state index in [9.17, 15) is 28.5 Å². The van der Waals surface area contributed by atoms with Crippen LogP contribution in [0.25, 0.3) is 0 Å². The van der Waals surface area contributed by atoms with Gasteiger partial charge in [0.1, 0.15) is 0 Å². The molecule has 0 unspecified atom stereocenters. The topological polar surface area (TPSA) is 144 Å². The van der Waals surface area contributed by atoms with Gasteiger partial charge < -0.3 is 22.1 Å². The minimum atomic E-state index is -4.10. The molecule has 0 spiro atoms. The Bertz CT molecular complexity index is 909. The Morgan fingerprint density at radius 1 is 1.08 bits per heavy atom. The molecule has 0 aromatic rings. The average molecular weight is 556 g/mol. The molecule has 0 aromatic carbocycles. The number of amides is 1. The predicted molar refractivity (Wildman–Crippen MR) is 133 cm³/mol. The van der Waals surface area contributed by atoms with Crippen molar-refractivity contribution in [3.05, 3.63) is 0 Å². The number of hydrogen-bond donors (Lipinski definition) is 5. The summed E-state index contributed by atoms with van der Waals surface area (Å²) in [7, 11) is -4.10. The Morgan fingerprint density at radius 3 is 2.44 bits per heavy atom. The molecule has 4 saturated carbocycles. The Balaban J connectivity index is 0.00000241. The SMILES string of the molecule is C[C@H](CCC(=O)NCCS(=O)(=O)O)[C@H]1CC[C@H]2[C@@H]3[C@H](O)C[C@@H]4C[C@H](O)CC[C@]4(C)[C@H]3C[C@H](O)[C@]12C.[H-].[K+]. The van der Waals surface area contributed by atoms with Gasteiger partial charge in [0.25, 0.3) is 10.1 Å². The van der Waals surface area contributed by atoms with Crippen LogP contribution in [-0.4, -0.2) is 64.8 Å². The number of rotatable bonds is 7. The monoisotopic (exact) mass is 555 g/mol. The number of fused-ring (bicyclic) bond motifs is 5. The van der Waals surface area contributed by atoms with Gasteiger partial charge in [-0.05, 0) is 97.7 Å². The maximum Gasteiger partial charge on any atom is 1.00 e. The molecule has 0 saturated heterocycles. The molecule has 4 rings (SSSR count). The van der Waals surface area contributed by atoms with Gasteiger partial charge in [-0.25, -0.2) is 0 Å². The Morgan fingerprint density at radius 2 is 1.78 bits per heavy atom. The van der Waals surface area contributed by atoms with E-state index in [4.69, 9.17) is 4.55 Å². The summed E-state index contributed by atoms with van der Waals surface area (Å²) in [6, 6.07) is 0. The fraction of sp³-hybridized carbons (Fsp3) is 0.962. The second kappa shape index (κ2) is 11.8. The van der Waals surface area contributed by atoms with E-state index in [-0.39, 0.29) is 118 Å². The van der Waals surface area contributed by atoms with Crippen molar-refractivity contribution in [1.29, 1.82) is 0 Å². The van der Waals surface area contributed by atoms with Crippen LogP contribution >= 0.6 is 0 Å². The van der Waals surface area contributed by atoms with E-state index in [1.165, 1.54) is 0 Å². The van der Waals surface area contributed by atoms with Crippen LogP contribution in [0.1, 0.15) is 80.0 Å². The molecule has 4 aliphatic carbocycles. The second-order valence-electron chi connectivity index (χ2n) is 12.7. The van der Waals surface area contributed by atoms with Crippen LogP contribution < -0.4 is 56.7 Å². The van der Waals surface area contributed by atoms with Crippen LogP contribution in [0.4, 0.5) is 0 Å². The smallest absolute Gasteiger partial charge is 1.00 e. The molecule has 4 fully saturated rings. The van der Waals surface area contributed by atoms with Crippen molar-refractivity contribution >= 4 is 16.0 Å². The summed E-state index contributed by atoms with van der Waals surface area (Å²) >= 11 is 0. The summed E-state index contributed by atoms with van der Waals surface area (Å²) in [5, 5.41) is 35.8. The number of aliphatic hydroxyl groups is 3. The maximum atomic E-state index is 12.2. The van der Waals surface area contributed by atoms with Gasteiger partial charge in [-0.1, -0.05) is 20.8 Å². The van der Waals surface area contributed by atoms with E-state index < -0.39 is 28.1 Å². The number of hydrogen-bond acceptors (Lipinski definition) is 6. The van der Waals surface area contributed by atoms with Gasteiger partial charge in [0.2, 0.25) is 5.91 Å². The van der Waals surface area contributed by atoms with Crippen LogP contribution in [0.3, 0.4) is 0 Å². The molecule has 0 heterocycles. The minimum Gasteiger partial charge on any atom is -1.00 e. The molecular weight excluding hydrogens is 509 g/mol. The molecule has 0 radical (unpaired) electrons. The first-order valence-electron chi connectivity index (χ1n) is 13.5. The summed E-state index contributed by atoms with van der Waals surface area (Å²) < 4.78 is 30.5. The zero-order valence-corrected chi connectivity index (χ0v) is 26.3. The molecule has 5 N–H and O–H groups in total. The molecule has 0 aromatic heterocycles. The molecule has 10 heteroatoms. The van der Waals surface area contributed by atoms with Gasteiger partial charge in [0, 0.05) is 13.0 Å². The summed E-state index contributed by atoms with van der Waals surface area (Å²) in [6.07, 6.45) is 5.67. The van der Waals surface area contributed by atoms with Crippen molar-refractivity contribution in [2.45, 2.75) is 96.9 Å². The van der Waals surface area contributed by atoms with Gasteiger partial charge in [-0.2, -0.15) is 8.42 Å². The summed E-state index contributed by atoms with van der Waals surface area (Å²) in [5.41, 5.74) is -0.254. The molecule has 8 nitrogen and oxygen atoms in total. The first kappa shape index (κ1) is 31.4.